The zero-order valence-electron chi connectivity index (χ0n) is 21.0. The molecule has 0 spiro atoms. The summed E-state index contributed by atoms with van der Waals surface area (Å²) < 4.78 is 1.47. The molecule has 1 N–H and O–H groups in total. The van der Waals surface area contributed by atoms with Gasteiger partial charge in [-0.2, -0.15) is 0 Å². The summed E-state index contributed by atoms with van der Waals surface area (Å²) in [6.45, 7) is 0. The first-order chi connectivity index (χ1) is 14.5. The molecule has 33 heavy (non-hydrogen) atoms. The van der Waals surface area contributed by atoms with Crippen LogP contribution < -0.4 is 52.4 Å². The van der Waals surface area contributed by atoms with Crippen molar-refractivity contribution in [2.75, 3.05) is 42.3 Å². The third kappa shape index (κ3) is 7.88. The van der Waals surface area contributed by atoms with Crippen molar-refractivity contribution in [1.29, 1.82) is 0 Å². The molecule has 0 saturated heterocycles. The van der Waals surface area contributed by atoms with Crippen LogP contribution in [0.2, 0.25) is 0 Å². The van der Waals surface area contributed by atoms with E-state index in [1.165, 1.54) is 16.8 Å². The van der Waals surface area contributed by atoms with E-state index in [1.807, 2.05) is 30.3 Å². The Balaban J connectivity index is 0.00000272. The van der Waals surface area contributed by atoms with Gasteiger partial charge in [0.2, 0.25) is 0 Å². The summed E-state index contributed by atoms with van der Waals surface area (Å²) in [5, 5.41) is 11.8. The molecule has 2 aromatic rings. The van der Waals surface area contributed by atoms with Gasteiger partial charge in [0.25, 0.3) is 0 Å². The molecule has 1 atom stereocenters. The molecule has 0 bridgehead atoms. The molecule has 0 amide bonds. The lowest BCUT2D eigenvalue weighted by molar-refractivity contribution is -0.838. The van der Waals surface area contributed by atoms with Crippen molar-refractivity contribution in [2.24, 2.45) is 0 Å². The minimum Gasteiger partial charge on any atom is -1.00 e. The van der Waals surface area contributed by atoms with Gasteiger partial charge in [-0.15, -0.1) is 0 Å². The maximum absolute atomic E-state index is 11.8. The molecule has 5 heteroatoms. The highest BCUT2D eigenvalue weighted by Crippen LogP contribution is 2.42. The Labute approximate surface area is 235 Å². The van der Waals surface area contributed by atoms with Crippen LogP contribution in [0.5, 0.6) is 0 Å². The van der Waals surface area contributed by atoms with Crippen LogP contribution in [-0.2, 0) is 12.0 Å². The first-order valence-electron chi connectivity index (χ1n) is 11.4. The normalized spacial score (nSPS) is 18.5. The van der Waals surface area contributed by atoms with Gasteiger partial charge in [-0.05, 0) is 55.0 Å². The number of hydrogen-bond donors (Lipinski definition) is 1. The number of likely N-dealkylation sites (N-methyl/N-ethyl adjacent to an activating group) is 1. The van der Waals surface area contributed by atoms with Gasteiger partial charge in [-0.3, -0.25) is 8.97 Å². The van der Waals surface area contributed by atoms with E-state index in [4.69, 9.17) is 0 Å². The lowest BCUT2D eigenvalue weighted by Gasteiger charge is -2.40. The molecule has 3 rings (SSSR count). The summed E-state index contributed by atoms with van der Waals surface area (Å²) in [6.07, 6.45) is 9.51. The van der Waals surface area contributed by atoms with E-state index in [1.54, 1.807) is 0 Å². The quantitative estimate of drug-likeness (QED) is 0.226. The lowest BCUT2D eigenvalue weighted by Crippen LogP contribution is -3.00. The van der Waals surface area contributed by atoms with Crippen LogP contribution in [0.15, 0.2) is 78.0 Å². The van der Waals surface area contributed by atoms with Gasteiger partial charge in [0.15, 0.2) is 5.60 Å². The highest BCUT2D eigenvalue weighted by atomic mass is 127. The Bertz CT molecular complexity index is 939. The first kappa shape index (κ1) is 30.3. The Morgan fingerprint density at radius 3 is 1.85 bits per heavy atom. The molecule has 0 aliphatic heterocycles. The molecule has 0 fully saturated rings. The molecule has 1 aliphatic carbocycles. The summed E-state index contributed by atoms with van der Waals surface area (Å²) in [4.78, 5) is 0. The van der Waals surface area contributed by atoms with Crippen molar-refractivity contribution in [3.05, 3.63) is 89.1 Å². The fourth-order valence-corrected chi connectivity index (χ4v) is 4.52. The zero-order valence-corrected chi connectivity index (χ0v) is 25.3. The van der Waals surface area contributed by atoms with Gasteiger partial charge in [0, 0.05) is 6.42 Å². The van der Waals surface area contributed by atoms with Crippen LogP contribution in [0.25, 0.3) is 0 Å². The molecule has 0 saturated carbocycles. The summed E-state index contributed by atoms with van der Waals surface area (Å²) in [5.41, 5.74) is 5.16. The predicted octanol–water partition coefficient (Wildman–Crippen LogP) is -0.588. The average Bonchev–Trinajstić information content (AvgIpc) is 2.71. The number of aryl methyl sites for hydroxylation is 1. The Kier molecular flexibility index (Phi) is 11.3. The van der Waals surface area contributed by atoms with Crippen LogP contribution in [0.1, 0.15) is 36.8 Å². The Morgan fingerprint density at radius 1 is 0.727 bits per heavy atom. The number of unbranched alkanes of at least 4 members (excludes halogenated alkanes) is 1. The molecular formula is C28H40I2N2O. The summed E-state index contributed by atoms with van der Waals surface area (Å²) in [6, 6.07) is 19.2. The molecule has 2 aromatic carbocycles. The Morgan fingerprint density at radius 2 is 1.30 bits per heavy atom. The second-order valence-corrected chi connectivity index (χ2v) is 10.7. The van der Waals surface area contributed by atoms with Gasteiger partial charge in [-0.25, -0.2) is 0 Å². The molecule has 182 valence electrons. The van der Waals surface area contributed by atoms with Crippen LogP contribution in [0.4, 0.5) is 5.69 Å². The fourth-order valence-electron chi connectivity index (χ4n) is 4.52. The van der Waals surface area contributed by atoms with E-state index in [2.05, 4.69) is 78.7 Å². The number of rotatable bonds is 8. The smallest absolute Gasteiger partial charge is 0.167 e. The highest BCUT2D eigenvalue weighted by Gasteiger charge is 2.43. The van der Waals surface area contributed by atoms with Crippen LogP contribution in [0, 0.1) is 0 Å². The standard InChI is InChI=1S/C28H40N2O.2HI/c1-29(2,3)26-19-16-23(17-20-26)12-10-11-13-24-18-21-27(30(4,5)6)28(31,22-24)25-14-8-7-9-15-25;;/h7-9,14-21,31H,10-13,22H2,1-6H3;2*1H/q+2;;/p-2. The molecule has 3 nitrogen and oxygen atoms in total. The maximum Gasteiger partial charge on any atom is 0.167 e. The molecule has 1 aliphatic rings. The zero-order chi connectivity index (χ0) is 22.7. The van der Waals surface area contributed by atoms with E-state index < -0.39 is 5.60 Å². The third-order valence-electron chi connectivity index (χ3n) is 6.28. The number of benzene rings is 2. The molecular weight excluding hydrogens is 634 g/mol. The molecule has 0 aromatic heterocycles. The number of hydrogen-bond acceptors (Lipinski definition) is 1. The first-order valence-corrected chi connectivity index (χ1v) is 11.4. The number of nitrogens with zero attached hydrogens (tertiary/aromatic N) is 2. The minimum absolute atomic E-state index is 0. The van der Waals surface area contributed by atoms with Crippen molar-refractivity contribution < 1.29 is 57.5 Å². The maximum atomic E-state index is 11.8. The van der Waals surface area contributed by atoms with Gasteiger partial charge < -0.3 is 53.1 Å². The second-order valence-electron chi connectivity index (χ2n) is 10.7. The van der Waals surface area contributed by atoms with Crippen LogP contribution >= 0.6 is 0 Å². The van der Waals surface area contributed by atoms with Gasteiger partial charge in [0.05, 0.1) is 42.3 Å². The van der Waals surface area contributed by atoms with E-state index in [0.717, 1.165) is 41.4 Å². The van der Waals surface area contributed by atoms with E-state index in [9.17, 15) is 5.11 Å². The average molecular weight is 674 g/mol. The minimum atomic E-state index is -0.940. The lowest BCUT2D eigenvalue weighted by atomic mass is 9.78. The number of quaternary nitrogens is 2. The fraction of sp³-hybridized carbons (Fsp3) is 0.429. The monoisotopic (exact) mass is 674 g/mol. The van der Waals surface area contributed by atoms with E-state index in [-0.39, 0.29) is 48.0 Å². The predicted molar refractivity (Wildman–Crippen MR) is 133 cm³/mol. The topological polar surface area (TPSA) is 20.2 Å². The molecule has 1 unspecified atom stereocenters. The van der Waals surface area contributed by atoms with Crippen LogP contribution in [0.3, 0.4) is 0 Å². The van der Waals surface area contributed by atoms with Gasteiger partial charge >= 0.3 is 0 Å². The summed E-state index contributed by atoms with van der Waals surface area (Å²) >= 11 is 0. The van der Waals surface area contributed by atoms with Crippen LogP contribution in [-0.4, -0.2) is 51.9 Å². The molecule has 0 radical (unpaired) electrons. The SMILES string of the molecule is C[N+](C)(C)C1=CC=C(CCCCc2ccc([N+](C)(C)C)cc2)CC1(O)c1ccccc1.[I-].[I-]. The largest absolute Gasteiger partial charge is 1.00 e. The van der Waals surface area contributed by atoms with E-state index >= 15 is 0 Å². The van der Waals surface area contributed by atoms with Crippen molar-refractivity contribution in [3.8, 4) is 0 Å². The third-order valence-corrected chi connectivity index (χ3v) is 6.28. The number of halogens is 2. The van der Waals surface area contributed by atoms with Gasteiger partial charge in [-0.1, -0.05) is 54.1 Å². The highest BCUT2D eigenvalue weighted by molar-refractivity contribution is 5.43. The number of aliphatic hydroxyl groups is 1. The van der Waals surface area contributed by atoms with Crippen molar-refractivity contribution >= 4 is 5.69 Å². The van der Waals surface area contributed by atoms with Crippen molar-refractivity contribution in [1.82, 2.24) is 4.48 Å². The molecule has 0 heterocycles. The van der Waals surface area contributed by atoms with Gasteiger partial charge in [0.1, 0.15) is 11.4 Å². The second kappa shape index (κ2) is 12.3. The van der Waals surface area contributed by atoms with E-state index in [0.29, 0.717) is 10.9 Å². The van der Waals surface area contributed by atoms with Crippen molar-refractivity contribution in [2.45, 2.75) is 37.7 Å². The number of allylic oxidation sites excluding steroid dienone is 2. The summed E-state index contributed by atoms with van der Waals surface area (Å²) in [7, 11) is 13.0. The Hall–Kier alpha value is -0.740. The summed E-state index contributed by atoms with van der Waals surface area (Å²) in [5.74, 6) is 0. The van der Waals surface area contributed by atoms with Crippen molar-refractivity contribution in [3.63, 3.8) is 0 Å².